The highest BCUT2D eigenvalue weighted by Crippen LogP contribution is 2.15. The normalized spacial score (nSPS) is 23.2. The lowest BCUT2D eigenvalue weighted by molar-refractivity contribution is 0.479. The minimum absolute atomic E-state index is 0.0859. The molecule has 2 rings (SSSR count). The summed E-state index contributed by atoms with van der Waals surface area (Å²) in [5.41, 5.74) is 3.33. The molecule has 102 valence electrons. The first-order chi connectivity index (χ1) is 8.39. The van der Waals surface area contributed by atoms with E-state index in [9.17, 15) is 8.42 Å². The minimum Gasteiger partial charge on any atom is -0.309 e. The van der Waals surface area contributed by atoms with Crippen molar-refractivity contribution in [2.45, 2.75) is 39.3 Å². The second kappa shape index (κ2) is 5.01. The van der Waals surface area contributed by atoms with E-state index in [1.807, 2.05) is 25.6 Å². The Morgan fingerprint density at radius 1 is 1.44 bits per heavy atom. The van der Waals surface area contributed by atoms with E-state index in [0.29, 0.717) is 12.3 Å². The maximum absolute atomic E-state index is 11.6. The number of nitrogens with zero attached hydrogens (tertiary/aromatic N) is 2. The van der Waals surface area contributed by atoms with E-state index in [0.717, 1.165) is 24.2 Å². The average Bonchev–Trinajstić information content (AvgIpc) is 2.50. The van der Waals surface area contributed by atoms with Gasteiger partial charge in [0, 0.05) is 30.9 Å². The number of aromatic nitrogens is 2. The summed E-state index contributed by atoms with van der Waals surface area (Å²) in [6.07, 6.45) is 1.71. The molecule has 1 unspecified atom stereocenters. The van der Waals surface area contributed by atoms with Crippen LogP contribution < -0.4 is 5.32 Å². The molecule has 1 aliphatic heterocycles. The summed E-state index contributed by atoms with van der Waals surface area (Å²) in [4.78, 5) is 0. The fraction of sp³-hybridized carbons (Fsp3) is 0.750. The summed E-state index contributed by atoms with van der Waals surface area (Å²) in [5.74, 6) is 0.613. The Morgan fingerprint density at radius 2 is 2.17 bits per heavy atom. The molecule has 2 heterocycles. The SMILES string of the molecule is Cc1nn(C)c(C)c1CNC1CCCS(=O)(=O)C1. The van der Waals surface area contributed by atoms with Crippen molar-refractivity contribution in [2.75, 3.05) is 11.5 Å². The van der Waals surface area contributed by atoms with E-state index in [1.165, 1.54) is 5.56 Å². The third-order valence-corrected chi connectivity index (χ3v) is 5.51. The maximum atomic E-state index is 11.6. The summed E-state index contributed by atoms with van der Waals surface area (Å²) in [7, 11) is -0.907. The summed E-state index contributed by atoms with van der Waals surface area (Å²) < 4.78 is 25.0. The third-order valence-electron chi connectivity index (χ3n) is 3.69. The van der Waals surface area contributed by atoms with Crippen LogP contribution in [0.15, 0.2) is 0 Å². The Hall–Kier alpha value is -0.880. The van der Waals surface area contributed by atoms with Gasteiger partial charge in [0.2, 0.25) is 0 Å². The predicted octanol–water partition coefficient (Wildman–Crippen LogP) is 0.704. The van der Waals surface area contributed by atoms with Gasteiger partial charge in [0.05, 0.1) is 17.2 Å². The van der Waals surface area contributed by atoms with Gasteiger partial charge in [-0.15, -0.1) is 0 Å². The molecule has 5 nitrogen and oxygen atoms in total. The van der Waals surface area contributed by atoms with E-state index in [1.54, 1.807) is 0 Å². The van der Waals surface area contributed by atoms with E-state index in [-0.39, 0.29) is 11.8 Å². The van der Waals surface area contributed by atoms with Crippen LogP contribution in [-0.4, -0.2) is 35.7 Å². The van der Waals surface area contributed by atoms with Gasteiger partial charge in [-0.1, -0.05) is 0 Å². The van der Waals surface area contributed by atoms with Crippen LogP contribution >= 0.6 is 0 Å². The van der Waals surface area contributed by atoms with Gasteiger partial charge in [-0.05, 0) is 26.7 Å². The van der Waals surface area contributed by atoms with Crippen LogP contribution in [0.5, 0.6) is 0 Å². The standard InChI is InChI=1S/C12H21N3O2S/c1-9-12(10(2)15(3)14-9)7-13-11-5-4-6-18(16,17)8-11/h11,13H,4-8H2,1-3H3. The average molecular weight is 271 g/mol. The predicted molar refractivity (Wildman–Crippen MR) is 71.2 cm³/mol. The second-order valence-corrected chi connectivity index (χ2v) is 7.34. The van der Waals surface area contributed by atoms with Crippen molar-refractivity contribution in [3.8, 4) is 0 Å². The summed E-state index contributed by atoms with van der Waals surface area (Å²) in [6, 6.07) is 0.0859. The first-order valence-corrected chi connectivity index (χ1v) is 8.14. The molecule has 1 aromatic rings. The molecule has 1 fully saturated rings. The van der Waals surface area contributed by atoms with Crippen molar-refractivity contribution in [3.63, 3.8) is 0 Å². The second-order valence-electron chi connectivity index (χ2n) is 5.11. The van der Waals surface area contributed by atoms with Crippen LogP contribution in [0.3, 0.4) is 0 Å². The van der Waals surface area contributed by atoms with E-state index < -0.39 is 9.84 Å². The minimum atomic E-state index is -2.83. The van der Waals surface area contributed by atoms with Gasteiger partial charge in [-0.25, -0.2) is 8.42 Å². The van der Waals surface area contributed by atoms with E-state index in [4.69, 9.17) is 0 Å². The third kappa shape index (κ3) is 2.92. The Kier molecular flexibility index (Phi) is 3.77. The smallest absolute Gasteiger partial charge is 0.151 e. The van der Waals surface area contributed by atoms with Crippen LogP contribution in [0.25, 0.3) is 0 Å². The first kappa shape index (κ1) is 13.5. The molecule has 1 aliphatic rings. The zero-order chi connectivity index (χ0) is 13.3. The molecule has 0 saturated carbocycles. The molecule has 18 heavy (non-hydrogen) atoms. The molecule has 0 aliphatic carbocycles. The van der Waals surface area contributed by atoms with Gasteiger partial charge in [-0.3, -0.25) is 4.68 Å². The number of hydrogen-bond acceptors (Lipinski definition) is 4. The monoisotopic (exact) mass is 271 g/mol. The Morgan fingerprint density at radius 3 is 2.72 bits per heavy atom. The van der Waals surface area contributed by atoms with Crippen LogP contribution in [0.4, 0.5) is 0 Å². The summed E-state index contributed by atoms with van der Waals surface area (Å²) in [6.45, 7) is 4.72. The zero-order valence-corrected chi connectivity index (χ0v) is 12.0. The lowest BCUT2D eigenvalue weighted by atomic mass is 10.1. The number of rotatable bonds is 3. The van der Waals surface area contributed by atoms with Crippen LogP contribution in [0.2, 0.25) is 0 Å². The maximum Gasteiger partial charge on any atom is 0.151 e. The molecule has 0 aromatic carbocycles. The number of aryl methyl sites for hydroxylation is 2. The summed E-state index contributed by atoms with van der Waals surface area (Å²) >= 11 is 0. The van der Waals surface area contributed by atoms with Crippen molar-refractivity contribution in [1.82, 2.24) is 15.1 Å². The number of hydrogen-bond donors (Lipinski definition) is 1. The fourth-order valence-corrected chi connectivity index (χ4v) is 4.17. The highest BCUT2D eigenvalue weighted by atomic mass is 32.2. The van der Waals surface area contributed by atoms with Gasteiger partial charge in [-0.2, -0.15) is 5.10 Å². The number of nitrogens with one attached hydrogen (secondary N) is 1. The molecule has 6 heteroatoms. The Balaban J connectivity index is 1.99. The van der Waals surface area contributed by atoms with Crippen molar-refractivity contribution in [1.29, 1.82) is 0 Å². The molecule has 1 N–H and O–H groups in total. The molecule has 0 radical (unpaired) electrons. The number of sulfone groups is 1. The van der Waals surface area contributed by atoms with Gasteiger partial charge in [0.1, 0.15) is 0 Å². The lowest BCUT2D eigenvalue weighted by Gasteiger charge is -2.23. The van der Waals surface area contributed by atoms with Gasteiger partial charge in [0.25, 0.3) is 0 Å². The van der Waals surface area contributed by atoms with Gasteiger partial charge >= 0.3 is 0 Å². The largest absolute Gasteiger partial charge is 0.309 e. The molecular formula is C12H21N3O2S. The van der Waals surface area contributed by atoms with E-state index in [2.05, 4.69) is 10.4 Å². The highest BCUT2D eigenvalue weighted by molar-refractivity contribution is 7.91. The molecular weight excluding hydrogens is 250 g/mol. The molecule has 0 spiro atoms. The molecule has 1 saturated heterocycles. The highest BCUT2D eigenvalue weighted by Gasteiger charge is 2.24. The Bertz CT molecular complexity index is 534. The Labute approximate surface area is 108 Å². The van der Waals surface area contributed by atoms with Crippen LogP contribution in [-0.2, 0) is 23.4 Å². The van der Waals surface area contributed by atoms with Crippen molar-refractivity contribution >= 4 is 9.84 Å². The van der Waals surface area contributed by atoms with E-state index >= 15 is 0 Å². The van der Waals surface area contributed by atoms with Crippen molar-refractivity contribution in [3.05, 3.63) is 17.0 Å². The van der Waals surface area contributed by atoms with Gasteiger partial charge in [0.15, 0.2) is 9.84 Å². The molecule has 0 bridgehead atoms. The van der Waals surface area contributed by atoms with Crippen molar-refractivity contribution < 1.29 is 8.42 Å². The molecule has 1 atom stereocenters. The zero-order valence-electron chi connectivity index (χ0n) is 11.2. The molecule has 1 aromatic heterocycles. The van der Waals surface area contributed by atoms with Crippen molar-refractivity contribution in [2.24, 2.45) is 7.05 Å². The lowest BCUT2D eigenvalue weighted by Crippen LogP contribution is -2.39. The first-order valence-electron chi connectivity index (χ1n) is 6.32. The molecule has 0 amide bonds. The topological polar surface area (TPSA) is 64.0 Å². The van der Waals surface area contributed by atoms with Crippen LogP contribution in [0.1, 0.15) is 29.8 Å². The van der Waals surface area contributed by atoms with Crippen LogP contribution in [0, 0.1) is 13.8 Å². The van der Waals surface area contributed by atoms with Gasteiger partial charge < -0.3 is 5.32 Å². The fourth-order valence-electron chi connectivity index (χ4n) is 2.50. The quantitative estimate of drug-likeness (QED) is 0.879. The summed E-state index contributed by atoms with van der Waals surface area (Å²) in [5, 5.41) is 7.72.